The molecule has 3 nitrogen and oxygen atoms in total. The van der Waals surface area contributed by atoms with Crippen LogP contribution in [-0.4, -0.2) is 17.8 Å². The first-order chi connectivity index (χ1) is 10.7. The van der Waals surface area contributed by atoms with Crippen LogP contribution in [0, 0.1) is 0 Å². The van der Waals surface area contributed by atoms with Gasteiger partial charge in [0.15, 0.2) is 0 Å². The number of nitrogens with one attached hydrogen (secondary N) is 1. The lowest BCUT2D eigenvalue weighted by Gasteiger charge is -2.33. The molecule has 22 heavy (non-hydrogen) atoms. The van der Waals surface area contributed by atoms with Crippen LogP contribution in [0.3, 0.4) is 0 Å². The van der Waals surface area contributed by atoms with Gasteiger partial charge in [-0.3, -0.25) is 4.90 Å². The molecule has 5 heteroatoms. The van der Waals surface area contributed by atoms with E-state index in [-0.39, 0.29) is 6.03 Å². The highest BCUT2D eigenvalue weighted by Crippen LogP contribution is 2.39. The van der Waals surface area contributed by atoms with Gasteiger partial charge in [0.1, 0.15) is 0 Å². The van der Waals surface area contributed by atoms with E-state index in [4.69, 9.17) is 0 Å². The topological polar surface area (TPSA) is 32.3 Å². The van der Waals surface area contributed by atoms with Crippen molar-refractivity contribution >= 4 is 45.1 Å². The van der Waals surface area contributed by atoms with E-state index in [0.29, 0.717) is 5.25 Å². The number of carbonyl (C=O) groups is 1. The summed E-state index contributed by atoms with van der Waals surface area (Å²) in [5.74, 6) is 0. The lowest BCUT2D eigenvalue weighted by Crippen LogP contribution is -2.41. The second-order valence-electron chi connectivity index (χ2n) is 5.16. The number of rotatable bonds is 2. The van der Waals surface area contributed by atoms with Crippen LogP contribution in [0.4, 0.5) is 16.2 Å². The van der Waals surface area contributed by atoms with Crippen molar-refractivity contribution in [1.82, 2.24) is 0 Å². The fraction of sp³-hybridized carbons (Fsp3) is 0.235. The highest BCUT2D eigenvalue weighted by Gasteiger charge is 2.28. The smallest absolute Gasteiger partial charge is 0.308 e. The minimum Gasteiger partial charge on any atom is -0.308 e. The molecule has 114 valence electrons. The number of carbonyl (C=O) groups excluding carboxylic acids is 1. The van der Waals surface area contributed by atoms with Crippen LogP contribution in [0.5, 0.6) is 0 Å². The van der Waals surface area contributed by atoms with Gasteiger partial charge in [-0.05, 0) is 42.8 Å². The maximum absolute atomic E-state index is 12.7. The molecule has 0 bridgehead atoms. The first kappa shape index (κ1) is 15.4. The molecule has 0 fully saturated rings. The molecule has 0 radical (unpaired) electrons. The molecule has 0 spiro atoms. The van der Waals surface area contributed by atoms with Crippen LogP contribution >= 0.6 is 27.7 Å². The molecule has 2 amide bonds. The standard InChI is InChI=1S/C17H17BrN2OS/c1-2-14-11-20(15-5-3-4-6-16(15)22-14)17(21)19-13-9-7-12(18)8-10-13/h3-10,14H,2,11H2,1H3,(H,19,21)/t14-/m0/s1. The van der Waals surface area contributed by atoms with Gasteiger partial charge in [0.2, 0.25) is 0 Å². The van der Waals surface area contributed by atoms with Crippen molar-refractivity contribution in [2.24, 2.45) is 0 Å². The Morgan fingerprint density at radius 3 is 2.73 bits per heavy atom. The Bertz CT molecular complexity index is 675. The van der Waals surface area contributed by atoms with Gasteiger partial charge < -0.3 is 5.32 Å². The molecule has 1 aliphatic heterocycles. The molecule has 1 heterocycles. The highest BCUT2D eigenvalue weighted by atomic mass is 79.9. The monoisotopic (exact) mass is 376 g/mol. The number of anilines is 2. The second-order valence-corrected chi connectivity index (χ2v) is 7.42. The molecule has 0 saturated carbocycles. The number of thioether (sulfide) groups is 1. The second kappa shape index (κ2) is 6.75. The zero-order valence-electron chi connectivity index (χ0n) is 12.3. The summed E-state index contributed by atoms with van der Waals surface area (Å²) in [6.07, 6.45) is 1.04. The maximum atomic E-state index is 12.7. The summed E-state index contributed by atoms with van der Waals surface area (Å²) in [6.45, 7) is 2.90. The van der Waals surface area contributed by atoms with E-state index in [1.807, 2.05) is 59.1 Å². The first-order valence-corrected chi connectivity index (χ1v) is 8.94. The summed E-state index contributed by atoms with van der Waals surface area (Å²) in [5, 5.41) is 3.42. The number of nitrogens with zero attached hydrogens (tertiary/aromatic N) is 1. The molecular weight excluding hydrogens is 360 g/mol. The fourth-order valence-electron chi connectivity index (χ4n) is 2.43. The first-order valence-electron chi connectivity index (χ1n) is 7.27. The summed E-state index contributed by atoms with van der Waals surface area (Å²) in [5.41, 5.74) is 1.80. The molecule has 0 unspecified atom stereocenters. The highest BCUT2D eigenvalue weighted by molar-refractivity contribution is 9.10. The Labute approximate surface area is 143 Å². The van der Waals surface area contributed by atoms with Crippen molar-refractivity contribution in [3.63, 3.8) is 0 Å². The number of benzene rings is 2. The van der Waals surface area contributed by atoms with Gasteiger partial charge >= 0.3 is 6.03 Å². The van der Waals surface area contributed by atoms with Gasteiger partial charge in [-0.15, -0.1) is 11.8 Å². The van der Waals surface area contributed by atoms with E-state index in [1.54, 1.807) is 0 Å². The lowest BCUT2D eigenvalue weighted by molar-refractivity contribution is 0.256. The minimum atomic E-state index is -0.0754. The summed E-state index contributed by atoms with van der Waals surface area (Å²) >= 11 is 5.26. The predicted molar refractivity (Wildman–Crippen MR) is 96.9 cm³/mol. The van der Waals surface area contributed by atoms with Gasteiger partial charge in [-0.1, -0.05) is 35.0 Å². The molecule has 1 N–H and O–H groups in total. The van der Waals surface area contributed by atoms with E-state index in [9.17, 15) is 4.79 Å². The van der Waals surface area contributed by atoms with Crippen molar-refractivity contribution in [2.45, 2.75) is 23.5 Å². The molecule has 1 aliphatic rings. The van der Waals surface area contributed by atoms with E-state index in [0.717, 1.165) is 28.8 Å². The van der Waals surface area contributed by atoms with Gasteiger partial charge in [0.25, 0.3) is 0 Å². The number of halogens is 1. The minimum absolute atomic E-state index is 0.0754. The number of hydrogen-bond acceptors (Lipinski definition) is 2. The molecule has 3 rings (SSSR count). The third-order valence-corrected chi connectivity index (χ3v) is 5.58. The molecule has 0 saturated heterocycles. The van der Waals surface area contributed by atoms with Gasteiger partial charge in [0, 0.05) is 26.9 Å². The van der Waals surface area contributed by atoms with Gasteiger partial charge in [-0.25, -0.2) is 4.79 Å². The molecule has 0 aromatic heterocycles. The normalized spacial score (nSPS) is 17.0. The Balaban J connectivity index is 1.83. The van der Waals surface area contributed by atoms with Gasteiger partial charge in [0.05, 0.1) is 5.69 Å². The average Bonchev–Trinajstić information content (AvgIpc) is 2.55. The summed E-state index contributed by atoms with van der Waals surface area (Å²) < 4.78 is 0.997. The van der Waals surface area contributed by atoms with E-state index < -0.39 is 0 Å². The molecule has 1 atom stereocenters. The van der Waals surface area contributed by atoms with E-state index in [1.165, 1.54) is 4.90 Å². The van der Waals surface area contributed by atoms with Crippen molar-refractivity contribution in [1.29, 1.82) is 0 Å². The number of hydrogen-bond donors (Lipinski definition) is 1. The third kappa shape index (κ3) is 3.31. The van der Waals surface area contributed by atoms with Crippen LogP contribution < -0.4 is 10.2 Å². The fourth-order valence-corrected chi connectivity index (χ4v) is 3.90. The molecule has 0 aliphatic carbocycles. The molecular formula is C17H17BrN2OS. The van der Waals surface area contributed by atoms with Gasteiger partial charge in [-0.2, -0.15) is 0 Å². The number of urea groups is 1. The Morgan fingerprint density at radius 1 is 1.27 bits per heavy atom. The third-order valence-electron chi connectivity index (χ3n) is 3.63. The van der Waals surface area contributed by atoms with Crippen LogP contribution in [0.2, 0.25) is 0 Å². The number of fused-ring (bicyclic) bond motifs is 1. The average molecular weight is 377 g/mol. The zero-order chi connectivity index (χ0) is 15.5. The Hall–Kier alpha value is -1.46. The van der Waals surface area contributed by atoms with E-state index >= 15 is 0 Å². The number of para-hydroxylation sites is 1. The molecule has 2 aromatic rings. The largest absolute Gasteiger partial charge is 0.326 e. The van der Waals surface area contributed by atoms with E-state index in [2.05, 4.69) is 34.2 Å². The molecule has 2 aromatic carbocycles. The van der Waals surface area contributed by atoms with Crippen molar-refractivity contribution in [3.05, 3.63) is 53.0 Å². The predicted octanol–water partition coefficient (Wildman–Crippen LogP) is 5.37. The Morgan fingerprint density at radius 2 is 2.00 bits per heavy atom. The zero-order valence-corrected chi connectivity index (χ0v) is 14.7. The van der Waals surface area contributed by atoms with Crippen LogP contribution in [0.15, 0.2) is 57.9 Å². The Kier molecular flexibility index (Phi) is 4.74. The van der Waals surface area contributed by atoms with Crippen LogP contribution in [-0.2, 0) is 0 Å². The van der Waals surface area contributed by atoms with Crippen LogP contribution in [0.1, 0.15) is 13.3 Å². The quantitative estimate of drug-likeness (QED) is 0.763. The summed E-state index contributed by atoms with van der Waals surface area (Å²) in [7, 11) is 0. The summed E-state index contributed by atoms with van der Waals surface area (Å²) in [4.78, 5) is 15.7. The van der Waals surface area contributed by atoms with Crippen molar-refractivity contribution < 1.29 is 4.79 Å². The maximum Gasteiger partial charge on any atom is 0.326 e. The SMILES string of the molecule is CC[C@H]1CN(C(=O)Nc2ccc(Br)cc2)c2ccccc2S1. The number of amides is 2. The lowest BCUT2D eigenvalue weighted by atomic mass is 10.2. The summed E-state index contributed by atoms with van der Waals surface area (Å²) in [6, 6.07) is 15.6. The van der Waals surface area contributed by atoms with Crippen molar-refractivity contribution in [3.8, 4) is 0 Å². The van der Waals surface area contributed by atoms with Crippen molar-refractivity contribution in [2.75, 3.05) is 16.8 Å². The van der Waals surface area contributed by atoms with Crippen LogP contribution in [0.25, 0.3) is 0 Å².